The summed E-state index contributed by atoms with van der Waals surface area (Å²) in [5.74, 6) is 0.959. The Morgan fingerprint density at radius 1 is 1.35 bits per heavy atom. The summed E-state index contributed by atoms with van der Waals surface area (Å²) < 4.78 is 0. The molecule has 1 aliphatic rings. The Bertz CT molecular complexity index is 427. The summed E-state index contributed by atoms with van der Waals surface area (Å²) in [6.45, 7) is 12.3. The number of hydrogen-bond donors (Lipinski definition) is 1. The summed E-state index contributed by atoms with van der Waals surface area (Å²) in [6.07, 6.45) is 4.32. The Morgan fingerprint density at radius 3 is 2.60 bits per heavy atom. The smallest absolute Gasteiger partial charge is 0.0304 e. The molecule has 0 amide bonds. The molecule has 0 aliphatic heterocycles. The fraction of sp³-hybridized carbons (Fsp3) is 0.765. The van der Waals surface area contributed by atoms with Gasteiger partial charge in [-0.15, -0.1) is 11.3 Å². The molecule has 1 aromatic rings. The highest BCUT2D eigenvalue weighted by Crippen LogP contribution is 2.28. The topological polar surface area (TPSA) is 15.3 Å². The van der Waals surface area contributed by atoms with E-state index < -0.39 is 0 Å². The maximum atomic E-state index is 3.58. The van der Waals surface area contributed by atoms with Crippen molar-refractivity contribution in [1.29, 1.82) is 0 Å². The van der Waals surface area contributed by atoms with Crippen LogP contribution in [0, 0.1) is 12.8 Å². The van der Waals surface area contributed by atoms with Gasteiger partial charge in [0.2, 0.25) is 0 Å². The third-order valence-corrected chi connectivity index (χ3v) is 5.19. The van der Waals surface area contributed by atoms with Gasteiger partial charge in [0.1, 0.15) is 0 Å². The number of thiophene rings is 1. The minimum Gasteiger partial charge on any atom is -0.307 e. The van der Waals surface area contributed by atoms with Crippen LogP contribution in [0.1, 0.15) is 55.4 Å². The molecule has 0 saturated heterocycles. The summed E-state index contributed by atoms with van der Waals surface area (Å²) in [5, 5.41) is 3.58. The van der Waals surface area contributed by atoms with Crippen LogP contribution in [-0.2, 0) is 13.1 Å². The van der Waals surface area contributed by atoms with Crippen molar-refractivity contribution in [3.05, 3.63) is 21.4 Å². The molecule has 3 heteroatoms. The number of hydrogen-bond acceptors (Lipinski definition) is 3. The van der Waals surface area contributed by atoms with Crippen molar-refractivity contribution in [3.63, 3.8) is 0 Å². The molecule has 1 aromatic heterocycles. The molecule has 0 atom stereocenters. The maximum absolute atomic E-state index is 3.58. The Morgan fingerprint density at radius 2 is 2.05 bits per heavy atom. The molecule has 0 radical (unpaired) electrons. The summed E-state index contributed by atoms with van der Waals surface area (Å²) in [4.78, 5) is 5.44. The molecule has 1 heterocycles. The highest BCUT2D eigenvalue weighted by Gasteiger charge is 2.19. The van der Waals surface area contributed by atoms with Crippen LogP contribution in [0.25, 0.3) is 0 Å². The van der Waals surface area contributed by atoms with E-state index in [2.05, 4.69) is 51.0 Å². The van der Waals surface area contributed by atoms with Gasteiger partial charge in [0.15, 0.2) is 0 Å². The van der Waals surface area contributed by atoms with Crippen LogP contribution < -0.4 is 5.32 Å². The molecule has 2 nitrogen and oxygen atoms in total. The van der Waals surface area contributed by atoms with Crippen molar-refractivity contribution in [2.75, 3.05) is 13.6 Å². The largest absolute Gasteiger partial charge is 0.307 e. The zero-order chi connectivity index (χ0) is 14.8. The zero-order valence-electron chi connectivity index (χ0n) is 13.8. The second-order valence-electron chi connectivity index (χ2n) is 7.39. The fourth-order valence-electron chi connectivity index (χ4n) is 2.66. The quantitative estimate of drug-likeness (QED) is 0.847. The van der Waals surface area contributed by atoms with E-state index in [-0.39, 0.29) is 5.54 Å². The van der Waals surface area contributed by atoms with Gasteiger partial charge >= 0.3 is 0 Å². The molecule has 114 valence electrons. The van der Waals surface area contributed by atoms with E-state index in [0.717, 1.165) is 19.0 Å². The van der Waals surface area contributed by atoms with Crippen molar-refractivity contribution in [2.45, 2.75) is 65.6 Å². The predicted molar refractivity (Wildman–Crippen MR) is 89.3 cm³/mol. The van der Waals surface area contributed by atoms with Gasteiger partial charge in [0.05, 0.1) is 0 Å². The van der Waals surface area contributed by atoms with E-state index in [1.807, 2.05) is 11.3 Å². The van der Waals surface area contributed by atoms with Gasteiger partial charge in [-0.25, -0.2) is 0 Å². The van der Waals surface area contributed by atoms with Crippen molar-refractivity contribution >= 4 is 11.3 Å². The molecule has 1 saturated carbocycles. The van der Waals surface area contributed by atoms with Crippen LogP contribution in [0.3, 0.4) is 0 Å². The maximum Gasteiger partial charge on any atom is 0.0304 e. The monoisotopic (exact) mass is 294 g/mol. The first-order valence-electron chi connectivity index (χ1n) is 7.85. The van der Waals surface area contributed by atoms with Gasteiger partial charge in [0, 0.05) is 34.9 Å². The molecule has 1 aliphatic carbocycles. The first kappa shape index (κ1) is 16.0. The second kappa shape index (κ2) is 6.59. The van der Waals surface area contributed by atoms with Crippen molar-refractivity contribution in [2.24, 2.45) is 5.92 Å². The minimum atomic E-state index is 0.194. The van der Waals surface area contributed by atoms with Crippen LogP contribution in [-0.4, -0.2) is 24.0 Å². The fourth-order valence-corrected chi connectivity index (χ4v) is 3.65. The van der Waals surface area contributed by atoms with Crippen molar-refractivity contribution in [1.82, 2.24) is 10.2 Å². The Hall–Kier alpha value is -0.380. The summed E-state index contributed by atoms with van der Waals surface area (Å²) >= 11 is 1.95. The first-order valence-corrected chi connectivity index (χ1v) is 8.67. The Labute approximate surface area is 128 Å². The molecular formula is C17H30N2S. The van der Waals surface area contributed by atoms with Crippen molar-refractivity contribution < 1.29 is 0 Å². The molecule has 0 unspecified atom stereocenters. The lowest BCUT2D eigenvalue weighted by Gasteiger charge is -2.30. The van der Waals surface area contributed by atoms with Crippen molar-refractivity contribution in [3.8, 4) is 0 Å². The second-order valence-corrected chi connectivity index (χ2v) is 8.73. The van der Waals surface area contributed by atoms with Gasteiger partial charge in [-0.2, -0.15) is 0 Å². The van der Waals surface area contributed by atoms with Crippen LogP contribution >= 0.6 is 11.3 Å². The SMILES string of the molecule is Cc1sc(CNC(C)(C)C)cc1CN(C)CC1CCC1. The number of nitrogens with zero attached hydrogens (tertiary/aromatic N) is 1. The van der Waals surface area contributed by atoms with Crippen LogP contribution in [0.15, 0.2) is 6.07 Å². The lowest BCUT2D eigenvalue weighted by molar-refractivity contribution is 0.200. The van der Waals surface area contributed by atoms with E-state index in [9.17, 15) is 0 Å². The first-order chi connectivity index (χ1) is 9.33. The summed E-state index contributed by atoms with van der Waals surface area (Å²) in [6, 6.07) is 2.40. The van der Waals surface area contributed by atoms with Crippen LogP contribution in [0.4, 0.5) is 0 Å². The average molecular weight is 295 g/mol. The number of rotatable bonds is 6. The highest BCUT2D eigenvalue weighted by molar-refractivity contribution is 7.12. The predicted octanol–water partition coefficient (Wildman–Crippen LogP) is 4.18. The molecule has 20 heavy (non-hydrogen) atoms. The van der Waals surface area contributed by atoms with Crippen LogP contribution in [0.2, 0.25) is 0 Å². The Balaban J connectivity index is 1.86. The van der Waals surface area contributed by atoms with E-state index in [1.54, 1.807) is 0 Å². The summed E-state index contributed by atoms with van der Waals surface area (Å²) in [7, 11) is 2.27. The van der Waals surface area contributed by atoms with E-state index in [4.69, 9.17) is 0 Å². The van der Waals surface area contributed by atoms with Gasteiger partial charge in [-0.05, 0) is 65.1 Å². The molecular weight excluding hydrogens is 264 g/mol. The summed E-state index contributed by atoms with van der Waals surface area (Å²) in [5.41, 5.74) is 1.71. The molecule has 1 N–H and O–H groups in total. The van der Waals surface area contributed by atoms with E-state index >= 15 is 0 Å². The highest BCUT2D eigenvalue weighted by atomic mass is 32.1. The third kappa shape index (κ3) is 4.87. The van der Waals surface area contributed by atoms with Gasteiger partial charge in [0.25, 0.3) is 0 Å². The van der Waals surface area contributed by atoms with Gasteiger partial charge in [-0.3, -0.25) is 0 Å². The molecule has 2 rings (SSSR count). The number of nitrogens with one attached hydrogen (secondary N) is 1. The molecule has 0 bridgehead atoms. The van der Waals surface area contributed by atoms with E-state index in [0.29, 0.717) is 0 Å². The lowest BCUT2D eigenvalue weighted by Crippen LogP contribution is -2.34. The van der Waals surface area contributed by atoms with E-state index in [1.165, 1.54) is 41.1 Å². The molecule has 0 spiro atoms. The minimum absolute atomic E-state index is 0.194. The average Bonchev–Trinajstić information content (AvgIpc) is 2.61. The third-order valence-electron chi connectivity index (χ3n) is 4.10. The Kier molecular flexibility index (Phi) is 5.27. The lowest BCUT2D eigenvalue weighted by atomic mass is 9.85. The number of aryl methyl sites for hydroxylation is 1. The zero-order valence-corrected chi connectivity index (χ0v) is 14.6. The standard InChI is InChI=1S/C17H30N2S/c1-13-15(12-19(5)11-14-7-6-8-14)9-16(20-13)10-18-17(2,3)4/h9,14,18H,6-8,10-12H2,1-5H3. The van der Waals surface area contributed by atoms with Crippen LogP contribution in [0.5, 0.6) is 0 Å². The molecule has 1 fully saturated rings. The molecule has 0 aromatic carbocycles. The van der Waals surface area contributed by atoms with Gasteiger partial charge < -0.3 is 10.2 Å². The van der Waals surface area contributed by atoms with Gasteiger partial charge in [-0.1, -0.05) is 6.42 Å². The normalized spacial score (nSPS) is 16.7.